The molecule has 0 saturated heterocycles. The van der Waals surface area contributed by atoms with Gasteiger partial charge in [-0.05, 0) is 31.3 Å². The van der Waals surface area contributed by atoms with Crippen molar-refractivity contribution in [3.63, 3.8) is 0 Å². The van der Waals surface area contributed by atoms with Crippen molar-refractivity contribution in [2.75, 3.05) is 0 Å². The highest BCUT2D eigenvalue weighted by Gasteiger charge is 2.18. The Kier molecular flexibility index (Phi) is 1.88. The molecule has 1 saturated carbocycles. The summed E-state index contributed by atoms with van der Waals surface area (Å²) in [7, 11) is 0. The van der Waals surface area contributed by atoms with Crippen LogP contribution < -0.4 is 5.73 Å². The van der Waals surface area contributed by atoms with E-state index in [0.717, 1.165) is 12.3 Å². The summed E-state index contributed by atoms with van der Waals surface area (Å²) in [6, 6.07) is 0. The fourth-order valence-corrected chi connectivity index (χ4v) is 0.730. The largest absolute Gasteiger partial charge is 0.366 e. The van der Waals surface area contributed by atoms with Crippen molar-refractivity contribution in [3.05, 3.63) is 12.2 Å². The smallest absolute Gasteiger partial charge is 0.241 e. The number of primary amides is 1. The number of hydrogen-bond acceptors (Lipinski definition) is 1. The normalized spacial score (nSPS) is 18.7. The molecule has 9 heavy (non-hydrogen) atoms. The SMILES string of the molecule is NC(=O)C=CCC1CC1. The topological polar surface area (TPSA) is 43.1 Å². The molecule has 0 aromatic carbocycles. The lowest BCUT2D eigenvalue weighted by Crippen LogP contribution is -2.05. The van der Waals surface area contributed by atoms with Crippen molar-refractivity contribution in [2.24, 2.45) is 11.7 Å². The van der Waals surface area contributed by atoms with E-state index in [4.69, 9.17) is 5.73 Å². The number of allylic oxidation sites excluding steroid dienone is 1. The van der Waals surface area contributed by atoms with Gasteiger partial charge in [0.1, 0.15) is 0 Å². The maximum Gasteiger partial charge on any atom is 0.241 e. The highest BCUT2D eigenvalue weighted by Crippen LogP contribution is 2.32. The first-order valence-electron chi connectivity index (χ1n) is 3.25. The second-order valence-electron chi connectivity index (χ2n) is 2.48. The first kappa shape index (κ1) is 6.33. The Labute approximate surface area is 54.7 Å². The van der Waals surface area contributed by atoms with Crippen molar-refractivity contribution >= 4 is 5.91 Å². The summed E-state index contributed by atoms with van der Waals surface area (Å²) in [6.07, 6.45) is 6.98. The zero-order chi connectivity index (χ0) is 6.69. The first-order valence-corrected chi connectivity index (χ1v) is 3.25. The summed E-state index contributed by atoms with van der Waals surface area (Å²) in [4.78, 5) is 10.1. The molecule has 1 aliphatic rings. The Morgan fingerprint density at radius 3 is 2.78 bits per heavy atom. The lowest BCUT2D eigenvalue weighted by Gasteiger charge is -1.82. The van der Waals surface area contributed by atoms with Crippen LogP contribution in [0.4, 0.5) is 0 Å². The van der Waals surface area contributed by atoms with Gasteiger partial charge in [-0.25, -0.2) is 0 Å². The summed E-state index contributed by atoms with van der Waals surface area (Å²) in [5.41, 5.74) is 4.87. The van der Waals surface area contributed by atoms with Gasteiger partial charge in [-0.2, -0.15) is 0 Å². The number of carbonyl (C=O) groups is 1. The zero-order valence-electron chi connectivity index (χ0n) is 5.34. The second kappa shape index (κ2) is 2.67. The van der Waals surface area contributed by atoms with E-state index in [0.29, 0.717) is 0 Å². The Balaban J connectivity index is 2.08. The molecule has 1 amide bonds. The van der Waals surface area contributed by atoms with Gasteiger partial charge in [-0.3, -0.25) is 4.79 Å². The van der Waals surface area contributed by atoms with Crippen LogP contribution in [0.15, 0.2) is 12.2 Å². The van der Waals surface area contributed by atoms with Gasteiger partial charge in [0.05, 0.1) is 0 Å². The van der Waals surface area contributed by atoms with Crippen molar-refractivity contribution in [2.45, 2.75) is 19.3 Å². The molecular weight excluding hydrogens is 114 g/mol. The van der Waals surface area contributed by atoms with Gasteiger partial charge in [0, 0.05) is 0 Å². The van der Waals surface area contributed by atoms with Gasteiger partial charge in [0.2, 0.25) is 5.91 Å². The molecule has 0 aromatic rings. The molecule has 0 unspecified atom stereocenters. The van der Waals surface area contributed by atoms with E-state index in [1.165, 1.54) is 18.9 Å². The van der Waals surface area contributed by atoms with Crippen molar-refractivity contribution in [3.8, 4) is 0 Å². The van der Waals surface area contributed by atoms with Crippen molar-refractivity contribution in [1.82, 2.24) is 0 Å². The van der Waals surface area contributed by atoms with Crippen LogP contribution in [0.1, 0.15) is 19.3 Å². The van der Waals surface area contributed by atoms with E-state index in [1.807, 2.05) is 6.08 Å². The highest BCUT2D eigenvalue weighted by molar-refractivity contribution is 5.85. The molecule has 1 fully saturated rings. The Hall–Kier alpha value is -0.790. The zero-order valence-corrected chi connectivity index (χ0v) is 5.34. The molecule has 0 aliphatic heterocycles. The predicted octanol–water partition coefficient (Wildman–Crippen LogP) is 0.828. The molecule has 1 aliphatic carbocycles. The van der Waals surface area contributed by atoms with Crippen LogP contribution >= 0.6 is 0 Å². The van der Waals surface area contributed by atoms with Crippen LogP contribution in [0.5, 0.6) is 0 Å². The molecule has 0 heterocycles. The minimum absolute atomic E-state index is 0.337. The van der Waals surface area contributed by atoms with E-state index in [9.17, 15) is 4.79 Å². The van der Waals surface area contributed by atoms with E-state index in [1.54, 1.807) is 0 Å². The second-order valence-corrected chi connectivity index (χ2v) is 2.48. The summed E-state index contributed by atoms with van der Waals surface area (Å²) in [5.74, 6) is 0.510. The Morgan fingerprint density at radius 1 is 1.67 bits per heavy atom. The minimum Gasteiger partial charge on any atom is -0.366 e. The fraction of sp³-hybridized carbons (Fsp3) is 0.571. The van der Waals surface area contributed by atoms with Crippen molar-refractivity contribution < 1.29 is 4.79 Å². The molecule has 2 N–H and O–H groups in total. The van der Waals surface area contributed by atoms with Gasteiger partial charge in [0.15, 0.2) is 0 Å². The van der Waals surface area contributed by atoms with E-state index >= 15 is 0 Å². The number of amides is 1. The maximum atomic E-state index is 10.1. The van der Waals surface area contributed by atoms with E-state index < -0.39 is 0 Å². The first-order chi connectivity index (χ1) is 4.29. The van der Waals surface area contributed by atoms with Crippen LogP contribution in [0.2, 0.25) is 0 Å². The summed E-state index contributed by atoms with van der Waals surface area (Å²) >= 11 is 0. The summed E-state index contributed by atoms with van der Waals surface area (Å²) in [5, 5.41) is 0. The molecule has 2 heteroatoms. The standard InChI is InChI=1S/C7H11NO/c8-7(9)3-1-2-6-4-5-6/h1,3,6H,2,4-5H2,(H2,8,9). The molecule has 1 rings (SSSR count). The fourth-order valence-electron chi connectivity index (χ4n) is 0.730. The quantitative estimate of drug-likeness (QED) is 0.558. The van der Waals surface area contributed by atoms with Crippen LogP contribution in [0, 0.1) is 5.92 Å². The lowest BCUT2D eigenvalue weighted by molar-refractivity contribution is -0.113. The lowest BCUT2D eigenvalue weighted by atomic mass is 10.3. The molecule has 2 nitrogen and oxygen atoms in total. The van der Waals surface area contributed by atoms with E-state index in [-0.39, 0.29) is 5.91 Å². The van der Waals surface area contributed by atoms with Crippen LogP contribution in [0.25, 0.3) is 0 Å². The number of rotatable bonds is 3. The molecule has 0 bridgehead atoms. The minimum atomic E-state index is -0.337. The summed E-state index contributed by atoms with van der Waals surface area (Å²) in [6.45, 7) is 0. The third-order valence-corrected chi connectivity index (χ3v) is 1.45. The number of nitrogens with two attached hydrogens (primary N) is 1. The monoisotopic (exact) mass is 125 g/mol. The van der Waals surface area contributed by atoms with E-state index in [2.05, 4.69) is 0 Å². The molecule has 50 valence electrons. The van der Waals surface area contributed by atoms with Gasteiger partial charge in [0.25, 0.3) is 0 Å². The number of carbonyl (C=O) groups excluding carboxylic acids is 1. The van der Waals surface area contributed by atoms with Gasteiger partial charge >= 0.3 is 0 Å². The van der Waals surface area contributed by atoms with Gasteiger partial charge in [-0.15, -0.1) is 0 Å². The van der Waals surface area contributed by atoms with Gasteiger partial charge in [-0.1, -0.05) is 6.08 Å². The molecule has 0 aromatic heterocycles. The van der Waals surface area contributed by atoms with Gasteiger partial charge < -0.3 is 5.73 Å². The van der Waals surface area contributed by atoms with Crippen molar-refractivity contribution in [1.29, 1.82) is 0 Å². The third-order valence-electron chi connectivity index (χ3n) is 1.45. The average molecular weight is 125 g/mol. The average Bonchev–Trinajstić information content (AvgIpc) is 2.48. The van der Waals surface area contributed by atoms with Crippen LogP contribution in [0.3, 0.4) is 0 Å². The molecule has 0 radical (unpaired) electrons. The summed E-state index contributed by atoms with van der Waals surface area (Å²) < 4.78 is 0. The van der Waals surface area contributed by atoms with Crippen LogP contribution in [-0.4, -0.2) is 5.91 Å². The number of hydrogen-bond donors (Lipinski definition) is 1. The Bertz CT molecular complexity index is 136. The molecule has 0 spiro atoms. The third kappa shape index (κ3) is 2.90. The van der Waals surface area contributed by atoms with Crippen LogP contribution in [-0.2, 0) is 4.79 Å². The molecular formula is C7H11NO. The molecule has 0 atom stereocenters. The highest BCUT2D eigenvalue weighted by atomic mass is 16.1. The maximum absolute atomic E-state index is 10.1. The Morgan fingerprint density at radius 2 is 2.33 bits per heavy atom. The predicted molar refractivity (Wildman–Crippen MR) is 35.7 cm³/mol.